The van der Waals surface area contributed by atoms with Crippen molar-refractivity contribution in [2.24, 2.45) is 0 Å². The summed E-state index contributed by atoms with van der Waals surface area (Å²) in [6.07, 6.45) is 4.79. The first-order valence-electron chi connectivity index (χ1n) is 6.46. The summed E-state index contributed by atoms with van der Waals surface area (Å²) >= 11 is 0. The number of amides is 1. The molecule has 1 aliphatic heterocycles. The van der Waals surface area contributed by atoms with Crippen LogP contribution in [0.3, 0.4) is 0 Å². The lowest BCUT2D eigenvalue weighted by Gasteiger charge is -2.34. The molecule has 1 saturated heterocycles. The molecule has 0 aliphatic carbocycles. The molecule has 1 aliphatic rings. The Morgan fingerprint density at radius 1 is 1.61 bits per heavy atom. The van der Waals surface area contributed by atoms with Gasteiger partial charge < -0.3 is 15.2 Å². The molecule has 1 unspecified atom stereocenters. The number of likely N-dealkylation sites (N-methyl/N-ethyl adjacent to an activating group) is 2. The lowest BCUT2D eigenvalue weighted by molar-refractivity contribution is -0.135. The molecule has 0 aromatic carbocycles. The average molecular weight is 250 g/mol. The highest BCUT2D eigenvalue weighted by Crippen LogP contribution is 2.05. The summed E-state index contributed by atoms with van der Waals surface area (Å²) in [7, 11) is 3.90. The van der Waals surface area contributed by atoms with Gasteiger partial charge in [-0.3, -0.25) is 9.69 Å². The van der Waals surface area contributed by atoms with E-state index in [1.54, 1.807) is 0 Å². The number of piperazine rings is 1. The summed E-state index contributed by atoms with van der Waals surface area (Å²) in [6, 6.07) is 2.03. The molecule has 1 amide bonds. The van der Waals surface area contributed by atoms with Crippen molar-refractivity contribution < 1.29 is 4.79 Å². The van der Waals surface area contributed by atoms with Crippen LogP contribution in [0.25, 0.3) is 0 Å². The second-order valence-electron chi connectivity index (χ2n) is 4.93. The van der Waals surface area contributed by atoms with Crippen molar-refractivity contribution in [1.82, 2.24) is 20.1 Å². The summed E-state index contributed by atoms with van der Waals surface area (Å²) in [5.41, 5.74) is 1.24. The Kier molecular flexibility index (Phi) is 4.38. The molecule has 2 heterocycles. The molecule has 2 rings (SSSR count). The quantitative estimate of drug-likeness (QED) is 0.786. The second-order valence-corrected chi connectivity index (χ2v) is 4.93. The predicted octanol–water partition coefficient (Wildman–Crippen LogP) is -0.0808. The van der Waals surface area contributed by atoms with Gasteiger partial charge in [-0.15, -0.1) is 0 Å². The minimum atomic E-state index is -0.0185. The fraction of sp³-hybridized carbons (Fsp3) is 0.615. The van der Waals surface area contributed by atoms with Crippen molar-refractivity contribution in [2.45, 2.75) is 12.5 Å². The molecule has 0 saturated carbocycles. The standard InChI is InChI=1S/C13H22N4O/c1-16-8-6-15-10-12(16)13(18)17(2)7-4-11-3-5-14-9-11/h3,5,9,12,14-15H,4,6-8,10H2,1-2H3. The maximum Gasteiger partial charge on any atom is 0.240 e. The molecule has 5 nitrogen and oxygen atoms in total. The number of hydrogen-bond donors (Lipinski definition) is 2. The van der Waals surface area contributed by atoms with E-state index in [1.165, 1.54) is 5.56 Å². The minimum Gasteiger partial charge on any atom is -0.367 e. The molecular formula is C13H22N4O. The molecule has 0 radical (unpaired) electrons. The fourth-order valence-electron chi connectivity index (χ4n) is 2.26. The summed E-state index contributed by atoms with van der Waals surface area (Å²) < 4.78 is 0. The minimum absolute atomic E-state index is 0.0185. The third kappa shape index (κ3) is 3.11. The van der Waals surface area contributed by atoms with Crippen molar-refractivity contribution >= 4 is 5.91 Å². The number of nitrogens with zero attached hydrogens (tertiary/aromatic N) is 2. The Balaban J connectivity index is 1.84. The van der Waals surface area contributed by atoms with Gasteiger partial charge in [0.1, 0.15) is 6.04 Å². The van der Waals surface area contributed by atoms with Crippen LogP contribution in [-0.2, 0) is 11.2 Å². The predicted molar refractivity (Wildman–Crippen MR) is 71.4 cm³/mol. The lowest BCUT2D eigenvalue weighted by atomic mass is 10.1. The molecule has 0 spiro atoms. The van der Waals surface area contributed by atoms with Crippen LogP contribution < -0.4 is 5.32 Å². The Bertz CT molecular complexity index is 376. The van der Waals surface area contributed by atoms with E-state index >= 15 is 0 Å². The molecule has 1 fully saturated rings. The van der Waals surface area contributed by atoms with Crippen LogP contribution in [-0.4, -0.2) is 67.0 Å². The zero-order chi connectivity index (χ0) is 13.0. The number of aromatic nitrogens is 1. The normalized spacial score (nSPS) is 20.9. The summed E-state index contributed by atoms with van der Waals surface area (Å²) in [5, 5.41) is 3.28. The van der Waals surface area contributed by atoms with Crippen LogP contribution in [0.15, 0.2) is 18.5 Å². The molecule has 1 aromatic rings. The molecular weight excluding hydrogens is 228 g/mol. The third-order valence-electron chi connectivity index (χ3n) is 3.57. The number of hydrogen-bond acceptors (Lipinski definition) is 3. The smallest absolute Gasteiger partial charge is 0.240 e. The van der Waals surface area contributed by atoms with Gasteiger partial charge in [-0.1, -0.05) is 0 Å². The topological polar surface area (TPSA) is 51.4 Å². The van der Waals surface area contributed by atoms with Crippen LogP contribution in [0.5, 0.6) is 0 Å². The van der Waals surface area contributed by atoms with E-state index in [0.717, 1.165) is 32.6 Å². The van der Waals surface area contributed by atoms with Gasteiger partial charge in [0.2, 0.25) is 5.91 Å². The van der Waals surface area contributed by atoms with Gasteiger partial charge in [0, 0.05) is 45.6 Å². The Morgan fingerprint density at radius 2 is 2.44 bits per heavy atom. The number of H-pyrrole nitrogens is 1. The summed E-state index contributed by atoms with van der Waals surface area (Å²) in [4.78, 5) is 19.3. The first-order valence-corrected chi connectivity index (χ1v) is 6.46. The molecule has 1 atom stereocenters. The van der Waals surface area contributed by atoms with Crippen LogP contribution in [0.1, 0.15) is 5.56 Å². The van der Waals surface area contributed by atoms with Gasteiger partial charge in [-0.2, -0.15) is 0 Å². The Morgan fingerprint density at radius 3 is 3.11 bits per heavy atom. The van der Waals surface area contributed by atoms with E-state index in [1.807, 2.05) is 37.5 Å². The van der Waals surface area contributed by atoms with E-state index in [-0.39, 0.29) is 11.9 Å². The first-order chi connectivity index (χ1) is 8.68. The van der Waals surface area contributed by atoms with E-state index in [4.69, 9.17) is 0 Å². The number of aromatic amines is 1. The zero-order valence-corrected chi connectivity index (χ0v) is 11.1. The van der Waals surface area contributed by atoms with Gasteiger partial charge in [-0.05, 0) is 25.1 Å². The van der Waals surface area contributed by atoms with Gasteiger partial charge in [0.25, 0.3) is 0 Å². The molecule has 0 bridgehead atoms. The second kappa shape index (κ2) is 6.02. The van der Waals surface area contributed by atoms with Crippen LogP contribution in [0.2, 0.25) is 0 Å². The van der Waals surface area contributed by atoms with Crippen LogP contribution >= 0.6 is 0 Å². The Labute approximate surface area is 108 Å². The highest BCUT2D eigenvalue weighted by molar-refractivity contribution is 5.82. The molecule has 100 valence electrons. The van der Waals surface area contributed by atoms with E-state index in [0.29, 0.717) is 0 Å². The maximum absolute atomic E-state index is 12.3. The van der Waals surface area contributed by atoms with Gasteiger partial charge in [0.15, 0.2) is 0 Å². The van der Waals surface area contributed by atoms with Gasteiger partial charge in [-0.25, -0.2) is 0 Å². The van der Waals surface area contributed by atoms with E-state index in [9.17, 15) is 4.79 Å². The number of carbonyl (C=O) groups is 1. The molecule has 5 heteroatoms. The lowest BCUT2D eigenvalue weighted by Crippen LogP contribution is -2.56. The van der Waals surface area contributed by atoms with E-state index < -0.39 is 0 Å². The van der Waals surface area contributed by atoms with Crippen LogP contribution in [0.4, 0.5) is 0 Å². The first kappa shape index (κ1) is 13.1. The average Bonchev–Trinajstić information content (AvgIpc) is 2.89. The number of nitrogens with one attached hydrogen (secondary N) is 2. The summed E-state index contributed by atoms with van der Waals surface area (Å²) in [6.45, 7) is 3.42. The highest BCUT2D eigenvalue weighted by atomic mass is 16.2. The number of carbonyl (C=O) groups excluding carboxylic acids is 1. The zero-order valence-electron chi connectivity index (χ0n) is 11.1. The van der Waals surface area contributed by atoms with Crippen molar-refractivity contribution in [1.29, 1.82) is 0 Å². The monoisotopic (exact) mass is 250 g/mol. The molecule has 2 N–H and O–H groups in total. The Hall–Kier alpha value is -1.33. The molecule has 1 aromatic heterocycles. The van der Waals surface area contributed by atoms with Crippen molar-refractivity contribution in [3.63, 3.8) is 0 Å². The summed E-state index contributed by atoms with van der Waals surface area (Å²) in [5.74, 6) is 0.209. The molecule has 18 heavy (non-hydrogen) atoms. The van der Waals surface area contributed by atoms with Crippen LogP contribution in [0, 0.1) is 0 Å². The van der Waals surface area contributed by atoms with Gasteiger partial charge >= 0.3 is 0 Å². The fourth-order valence-corrected chi connectivity index (χ4v) is 2.26. The largest absolute Gasteiger partial charge is 0.367 e. The van der Waals surface area contributed by atoms with Crippen molar-refractivity contribution in [3.8, 4) is 0 Å². The van der Waals surface area contributed by atoms with Crippen molar-refractivity contribution in [3.05, 3.63) is 24.0 Å². The van der Waals surface area contributed by atoms with Gasteiger partial charge in [0.05, 0.1) is 0 Å². The third-order valence-corrected chi connectivity index (χ3v) is 3.57. The number of rotatable bonds is 4. The van der Waals surface area contributed by atoms with E-state index in [2.05, 4.69) is 15.2 Å². The SMILES string of the molecule is CN(CCc1cc[nH]c1)C(=O)C1CNCCN1C. The maximum atomic E-state index is 12.3. The highest BCUT2D eigenvalue weighted by Gasteiger charge is 2.27. The van der Waals surface area contributed by atoms with Crippen molar-refractivity contribution in [2.75, 3.05) is 40.3 Å².